The van der Waals surface area contributed by atoms with Crippen LogP contribution in [0.1, 0.15) is 15.9 Å². The molecule has 0 aromatic heterocycles. The molecule has 0 aliphatic heterocycles. The van der Waals surface area contributed by atoms with Crippen molar-refractivity contribution in [2.24, 2.45) is 0 Å². The molecule has 0 heterocycles. The molecule has 0 saturated heterocycles. The summed E-state index contributed by atoms with van der Waals surface area (Å²) in [6.45, 7) is -0.0302. The number of carbonyl (C=O) groups is 1. The van der Waals surface area contributed by atoms with Gasteiger partial charge in [0.25, 0.3) is 5.91 Å². The van der Waals surface area contributed by atoms with Crippen molar-refractivity contribution < 1.29 is 17.6 Å². The number of amides is 1. The first kappa shape index (κ1) is 18.6. The molecule has 0 radical (unpaired) electrons. The van der Waals surface area contributed by atoms with E-state index in [2.05, 4.69) is 21.2 Å². The predicted molar refractivity (Wildman–Crippen MR) is 92.6 cm³/mol. The van der Waals surface area contributed by atoms with Crippen LogP contribution >= 0.6 is 15.9 Å². The highest BCUT2D eigenvalue weighted by Crippen LogP contribution is 2.19. The summed E-state index contributed by atoms with van der Waals surface area (Å²) in [4.78, 5) is 12.2. The van der Waals surface area contributed by atoms with Gasteiger partial charge < -0.3 is 5.32 Å². The summed E-state index contributed by atoms with van der Waals surface area (Å²) in [5.74, 6) is -1.27. The van der Waals surface area contributed by atoms with Gasteiger partial charge in [-0.25, -0.2) is 17.1 Å². The lowest BCUT2D eigenvalue weighted by Crippen LogP contribution is -2.27. The molecule has 0 aliphatic carbocycles. The van der Waals surface area contributed by atoms with E-state index in [1.54, 1.807) is 24.3 Å². The predicted octanol–water partition coefficient (Wildman–Crippen LogP) is 2.77. The first-order chi connectivity index (χ1) is 11.2. The largest absolute Gasteiger partial charge is 0.348 e. The van der Waals surface area contributed by atoms with Gasteiger partial charge in [-0.1, -0.05) is 34.1 Å². The quantitative estimate of drug-likeness (QED) is 0.817. The molecule has 2 rings (SSSR count). The third kappa shape index (κ3) is 4.00. The van der Waals surface area contributed by atoms with Crippen molar-refractivity contribution in [3.05, 3.63) is 63.9 Å². The highest BCUT2D eigenvalue weighted by Gasteiger charge is 2.21. The molecule has 8 heteroatoms. The zero-order chi connectivity index (χ0) is 17.9. The number of benzene rings is 2. The lowest BCUT2D eigenvalue weighted by molar-refractivity contribution is 0.0946. The molecular formula is C16H16BrFN2O3S. The minimum absolute atomic E-state index is 0.0302. The van der Waals surface area contributed by atoms with Crippen LogP contribution in [-0.2, 0) is 16.6 Å². The van der Waals surface area contributed by atoms with Crippen molar-refractivity contribution in [3.8, 4) is 0 Å². The fourth-order valence-corrected chi connectivity index (χ4v) is 3.49. The van der Waals surface area contributed by atoms with E-state index in [4.69, 9.17) is 0 Å². The van der Waals surface area contributed by atoms with Crippen LogP contribution in [0.25, 0.3) is 0 Å². The molecule has 1 amide bonds. The topological polar surface area (TPSA) is 66.5 Å². The number of sulfonamides is 1. The van der Waals surface area contributed by atoms with E-state index in [0.29, 0.717) is 10.0 Å². The van der Waals surface area contributed by atoms with Gasteiger partial charge in [-0.3, -0.25) is 4.79 Å². The second kappa shape index (κ2) is 7.42. The maximum Gasteiger partial charge on any atom is 0.254 e. The molecule has 0 bridgehead atoms. The number of hydrogen-bond acceptors (Lipinski definition) is 3. The Morgan fingerprint density at radius 1 is 1.21 bits per heavy atom. The van der Waals surface area contributed by atoms with Gasteiger partial charge in [-0.2, -0.15) is 0 Å². The molecule has 0 fully saturated rings. The second-order valence-electron chi connectivity index (χ2n) is 5.20. The summed E-state index contributed by atoms with van der Waals surface area (Å²) >= 11 is 3.12. The summed E-state index contributed by atoms with van der Waals surface area (Å²) in [6, 6.07) is 10.5. The number of carbonyl (C=O) groups excluding carboxylic acids is 1. The van der Waals surface area contributed by atoms with Gasteiger partial charge in [-0.05, 0) is 29.8 Å². The summed E-state index contributed by atoms with van der Waals surface area (Å²) in [6.07, 6.45) is 0. The molecule has 128 valence electrons. The standard InChI is InChI=1S/C16H16BrFN2O3S/c1-20(2)24(22,23)15-6-4-3-5-11(15)10-19-16(21)13-8-7-12(17)9-14(13)18/h3-9H,10H2,1-2H3,(H,19,21). The van der Waals surface area contributed by atoms with Crippen LogP contribution in [0.4, 0.5) is 4.39 Å². The molecule has 0 atom stereocenters. The maximum absolute atomic E-state index is 13.8. The Morgan fingerprint density at radius 2 is 1.88 bits per heavy atom. The average Bonchev–Trinajstić information content (AvgIpc) is 2.52. The number of rotatable bonds is 5. The minimum atomic E-state index is -3.63. The van der Waals surface area contributed by atoms with E-state index in [1.165, 1.54) is 32.3 Å². The Morgan fingerprint density at radius 3 is 2.50 bits per heavy atom. The van der Waals surface area contributed by atoms with E-state index in [0.717, 1.165) is 4.31 Å². The minimum Gasteiger partial charge on any atom is -0.348 e. The van der Waals surface area contributed by atoms with Gasteiger partial charge in [0.15, 0.2) is 0 Å². The van der Waals surface area contributed by atoms with Crippen molar-refractivity contribution in [2.45, 2.75) is 11.4 Å². The number of hydrogen-bond donors (Lipinski definition) is 1. The third-order valence-corrected chi connectivity index (χ3v) is 5.76. The number of nitrogens with one attached hydrogen (secondary N) is 1. The first-order valence-corrected chi connectivity index (χ1v) is 9.20. The van der Waals surface area contributed by atoms with Crippen LogP contribution in [0.5, 0.6) is 0 Å². The van der Waals surface area contributed by atoms with Crippen LogP contribution in [0.3, 0.4) is 0 Å². The van der Waals surface area contributed by atoms with E-state index in [-0.39, 0.29) is 17.0 Å². The lowest BCUT2D eigenvalue weighted by atomic mass is 10.2. The first-order valence-electron chi connectivity index (χ1n) is 6.97. The number of halogens is 2. The van der Waals surface area contributed by atoms with Gasteiger partial charge in [0.2, 0.25) is 10.0 Å². The maximum atomic E-state index is 13.8. The molecule has 2 aromatic rings. The average molecular weight is 415 g/mol. The molecule has 0 unspecified atom stereocenters. The molecule has 0 saturated carbocycles. The molecule has 1 N–H and O–H groups in total. The van der Waals surface area contributed by atoms with Crippen LogP contribution in [0.15, 0.2) is 51.8 Å². The van der Waals surface area contributed by atoms with Gasteiger partial charge in [0.05, 0.1) is 10.5 Å². The van der Waals surface area contributed by atoms with Crippen molar-refractivity contribution in [2.75, 3.05) is 14.1 Å². The smallest absolute Gasteiger partial charge is 0.254 e. The van der Waals surface area contributed by atoms with Gasteiger partial charge >= 0.3 is 0 Å². The van der Waals surface area contributed by atoms with Crippen molar-refractivity contribution in [1.29, 1.82) is 0 Å². The normalized spacial score (nSPS) is 11.5. The fraction of sp³-hybridized carbons (Fsp3) is 0.188. The Bertz CT molecular complexity index is 869. The summed E-state index contributed by atoms with van der Waals surface area (Å²) in [5, 5.41) is 2.55. The summed E-state index contributed by atoms with van der Waals surface area (Å²) in [7, 11) is -0.767. The highest BCUT2D eigenvalue weighted by molar-refractivity contribution is 9.10. The van der Waals surface area contributed by atoms with E-state index in [1.807, 2.05) is 0 Å². The molecule has 24 heavy (non-hydrogen) atoms. The summed E-state index contributed by atoms with van der Waals surface area (Å²) < 4.78 is 40.0. The molecule has 2 aromatic carbocycles. The van der Waals surface area contributed by atoms with E-state index >= 15 is 0 Å². The molecule has 0 spiro atoms. The van der Waals surface area contributed by atoms with Crippen LogP contribution < -0.4 is 5.32 Å². The molecule has 5 nitrogen and oxygen atoms in total. The fourth-order valence-electron chi connectivity index (χ4n) is 2.04. The van der Waals surface area contributed by atoms with Crippen LogP contribution in [0.2, 0.25) is 0 Å². The Kier molecular flexibility index (Phi) is 5.74. The number of nitrogens with zero attached hydrogens (tertiary/aromatic N) is 1. The summed E-state index contributed by atoms with van der Waals surface area (Å²) in [5.41, 5.74) is 0.322. The Balaban J connectivity index is 2.23. The van der Waals surface area contributed by atoms with Crippen molar-refractivity contribution >= 4 is 31.9 Å². The van der Waals surface area contributed by atoms with Crippen LogP contribution in [0, 0.1) is 5.82 Å². The Hall–Kier alpha value is -1.77. The van der Waals surface area contributed by atoms with Gasteiger partial charge in [-0.15, -0.1) is 0 Å². The lowest BCUT2D eigenvalue weighted by Gasteiger charge is -2.15. The highest BCUT2D eigenvalue weighted by atomic mass is 79.9. The van der Waals surface area contributed by atoms with Gasteiger partial charge in [0.1, 0.15) is 5.82 Å². The van der Waals surface area contributed by atoms with Gasteiger partial charge in [0, 0.05) is 25.1 Å². The molecular weight excluding hydrogens is 399 g/mol. The van der Waals surface area contributed by atoms with E-state index < -0.39 is 21.7 Å². The second-order valence-corrected chi connectivity index (χ2v) is 8.24. The zero-order valence-electron chi connectivity index (χ0n) is 13.1. The SMILES string of the molecule is CN(C)S(=O)(=O)c1ccccc1CNC(=O)c1ccc(Br)cc1F. The zero-order valence-corrected chi connectivity index (χ0v) is 15.5. The third-order valence-electron chi connectivity index (χ3n) is 3.35. The Labute approximate surface area is 148 Å². The van der Waals surface area contributed by atoms with Crippen molar-refractivity contribution in [3.63, 3.8) is 0 Å². The van der Waals surface area contributed by atoms with Crippen LogP contribution in [-0.4, -0.2) is 32.7 Å². The molecule has 0 aliphatic rings. The van der Waals surface area contributed by atoms with Crippen molar-refractivity contribution in [1.82, 2.24) is 9.62 Å². The monoisotopic (exact) mass is 414 g/mol. The van der Waals surface area contributed by atoms with E-state index in [9.17, 15) is 17.6 Å².